The van der Waals surface area contributed by atoms with Gasteiger partial charge in [0.1, 0.15) is 0 Å². The second kappa shape index (κ2) is 5.62. The lowest BCUT2D eigenvalue weighted by molar-refractivity contribution is 1.14. The van der Waals surface area contributed by atoms with Gasteiger partial charge in [0.25, 0.3) is 0 Å². The van der Waals surface area contributed by atoms with Gasteiger partial charge in [-0.15, -0.1) is 0 Å². The van der Waals surface area contributed by atoms with Crippen molar-refractivity contribution in [2.75, 3.05) is 5.32 Å². The highest BCUT2D eigenvalue weighted by Gasteiger charge is 2.17. The average molecular weight is 296 g/mol. The molecular formula is C21H16N2. The van der Waals surface area contributed by atoms with E-state index in [9.17, 15) is 0 Å². The lowest BCUT2D eigenvalue weighted by atomic mass is 10.1. The zero-order chi connectivity index (χ0) is 15.6. The third kappa shape index (κ3) is 2.58. The van der Waals surface area contributed by atoms with Crippen molar-refractivity contribution in [3.63, 3.8) is 0 Å². The average Bonchev–Trinajstić information content (AvgIpc) is 2.98. The van der Waals surface area contributed by atoms with Gasteiger partial charge in [0, 0.05) is 12.2 Å². The van der Waals surface area contributed by atoms with E-state index in [4.69, 9.17) is 5.26 Å². The van der Waals surface area contributed by atoms with E-state index in [-0.39, 0.29) is 0 Å². The van der Waals surface area contributed by atoms with Crippen LogP contribution in [-0.4, -0.2) is 0 Å². The molecule has 1 N–H and O–H groups in total. The van der Waals surface area contributed by atoms with Crippen LogP contribution in [-0.2, 0) is 13.0 Å². The highest BCUT2D eigenvalue weighted by atomic mass is 14.9. The van der Waals surface area contributed by atoms with Gasteiger partial charge in [-0.2, -0.15) is 5.26 Å². The molecule has 4 rings (SSSR count). The van der Waals surface area contributed by atoms with Crippen LogP contribution in [0.15, 0.2) is 66.7 Å². The Morgan fingerprint density at radius 1 is 0.870 bits per heavy atom. The molecule has 3 aromatic rings. The minimum absolute atomic E-state index is 0.703. The van der Waals surface area contributed by atoms with Gasteiger partial charge in [0.15, 0.2) is 0 Å². The van der Waals surface area contributed by atoms with Crippen molar-refractivity contribution in [3.05, 3.63) is 89.0 Å². The molecule has 0 saturated heterocycles. The Balaban J connectivity index is 1.54. The summed E-state index contributed by atoms with van der Waals surface area (Å²) in [6, 6.07) is 25.1. The van der Waals surface area contributed by atoms with Crippen LogP contribution in [0.25, 0.3) is 11.1 Å². The number of hydrogen-bond donors (Lipinski definition) is 1. The molecule has 0 amide bonds. The topological polar surface area (TPSA) is 35.8 Å². The first kappa shape index (κ1) is 13.6. The van der Waals surface area contributed by atoms with E-state index >= 15 is 0 Å². The third-order valence-corrected chi connectivity index (χ3v) is 4.35. The van der Waals surface area contributed by atoms with Crippen LogP contribution in [0.3, 0.4) is 0 Å². The highest BCUT2D eigenvalue weighted by Crippen LogP contribution is 2.37. The smallest absolute Gasteiger partial charge is 0.0991 e. The molecule has 1 aliphatic rings. The molecule has 2 heteroatoms. The highest BCUT2D eigenvalue weighted by molar-refractivity contribution is 5.78. The van der Waals surface area contributed by atoms with E-state index in [1.807, 2.05) is 24.3 Å². The molecule has 0 saturated carbocycles. The molecule has 0 bridgehead atoms. The predicted octanol–water partition coefficient (Wildman–Crippen LogP) is 4.74. The van der Waals surface area contributed by atoms with E-state index < -0.39 is 0 Å². The standard InChI is InChI=1S/C21H16N2/c22-13-15-4-3-5-16(10-15)14-23-19-8-9-21-18(12-19)11-17-6-1-2-7-20(17)21/h1-10,12,23H,11,14H2. The number of rotatable bonds is 3. The molecule has 0 radical (unpaired) electrons. The summed E-state index contributed by atoms with van der Waals surface area (Å²) < 4.78 is 0. The van der Waals surface area contributed by atoms with Crippen molar-refractivity contribution < 1.29 is 0 Å². The number of nitrogens with one attached hydrogen (secondary N) is 1. The Morgan fingerprint density at radius 3 is 2.65 bits per heavy atom. The van der Waals surface area contributed by atoms with Gasteiger partial charge in [-0.1, -0.05) is 42.5 Å². The quantitative estimate of drug-likeness (QED) is 0.592. The maximum atomic E-state index is 8.97. The van der Waals surface area contributed by atoms with E-state index in [1.54, 1.807) is 0 Å². The zero-order valence-corrected chi connectivity index (χ0v) is 12.7. The summed E-state index contributed by atoms with van der Waals surface area (Å²) in [6.07, 6.45) is 1.00. The van der Waals surface area contributed by atoms with Crippen molar-refractivity contribution >= 4 is 5.69 Å². The Labute approximate surface area is 136 Å². The Kier molecular flexibility index (Phi) is 3.33. The van der Waals surface area contributed by atoms with Crippen LogP contribution in [0.2, 0.25) is 0 Å². The minimum Gasteiger partial charge on any atom is -0.381 e. The molecule has 0 unspecified atom stereocenters. The van der Waals surface area contributed by atoms with Crippen molar-refractivity contribution in [1.82, 2.24) is 0 Å². The number of nitriles is 1. The first-order chi connectivity index (χ1) is 11.3. The summed E-state index contributed by atoms with van der Waals surface area (Å²) in [4.78, 5) is 0. The first-order valence-corrected chi connectivity index (χ1v) is 7.77. The molecule has 0 aromatic heterocycles. The fraction of sp³-hybridized carbons (Fsp3) is 0.0952. The molecule has 0 atom stereocenters. The van der Waals surface area contributed by atoms with E-state index in [0.717, 1.165) is 24.2 Å². The SMILES string of the molecule is N#Cc1cccc(CNc2ccc3c(c2)Cc2ccccc2-3)c1. The Morgan fingerprint density at radius 2 is 1.74 bits per heavy atom. The number of benzene rings is 3. The van der Waals surface area contributed by atoms with Crippen molar-refractivity contribution in [2.45, 2.75) is 13.0 Å². The number of anilines is 1. The minimum atomic E-state index is 0.703. The second-order valence-corrected chi connectivity index (χ2v) is 5.87. The fourth-order valence-corrected chi connectivity index (χ4v) is 3.21. The summed E-state index contributed by atoms with van der Waals surface area (Å²) in [6.45, 7) is 0.723. The van der Waals surface area contributed by atoms with Crippen LogP contribution in [0, 0.1) is 11.3 Å². The number of nitrogens with zero attached hydrogens (tertiary/aromatic N) is 1. The van der Waals surface area contributed by atoms with Gasteiger partial charge in [-0.3, -0.25) is 0 Å². The largest absolute Gasteiger partial charge is 0.381 e. The lowest BCUT2D eigenvalue weighted by Gasteiger charge is -2.09. The zero-order valence-electron chi connectivity index (χ0n) is 12.7. The van der Waals surface area contributed by atoms with Gasteiger partial charge < -0.3 is 5.32 Å². The van der Waals surface area contributed by atoms with Crippen molar-refractivity contribution in [1.29, 1.82) is 5.26 Å². The van der Waals surface area contributed by atoms with Crippen molar-refractivity contribution in [3.8, 4) is 17.2 Å². The van der Waals surface area contributed by atoms with E-state index in [1.165, 1.54) is 22.3 Å². The third-order valence-electron chi connectivity index (χ3n) is 4.35. The fourth-order valence-electron chi connectivity index (χ4n) is 3.21. The predicted molar refractivity (Wildman–Crippen MR) is 93.2 cm³/mol. The first-order valence-electron chi connectivity index (χ1n) is 7.77. The monoisotopic (exact) mass is 296 g/mol. The Hall–Kier alpha value is -3.05. The van der Waals surface area contributed by atoms with Crippen LogP contribution in [0.1, 0.15) is 22.3 Å². The molecule has 0 aliphatic heterocycles. The molecule has 1 aliphatic carbocycles. The van der Waals surface area contributed by atoms with Crippen LogP contribution in [0.5, 0.6) is 0 Å². The molecule has 0 spiro atoms. The molecule has 0 fully saturated rings. The lowest BCUT2D eigenvalue weighted by Crippen LogP contribution is -2.00. The van der Waals surface area contributed by atoms with Gasteiger partial charge in [0.2, 0.25) is 0 Å². The summed E-state index contributed by atoms with van der Waals surface area (Å²) in [5, 5.41) is 12.4. The van der Waals surface area contributed by atoms with E-state index in [0.29, 0.717) is 5.56 Å². The maximum Gasteiger partial charge on any atom is 0.0991 e. The second-order valence-electron chi connectivity index (χ2n) is 5.87. The van der Waals surface area contributed by atoms with Gasteiger partial charge in [-0.05, 0) is 58.5 Å². The summed E-state index contributed by atoms with van der Waals surface area (Å²) >= 11 is 0. The number of hydrogen-bond acceptors (Lipinski definition) is 2. The van der Waals surface area contributed by atoms with Crippen LogP contribution >= 0.6 is 0 Å². The molecule has 23 heavy (non-hydrogen) atoms. The van der Waals surface area contributed by atoms with Crippen LogP contribution < -0.4 is 5.32 Å². The molecule has 110 valence electrons. The van der Waals surface area contributed by atoms with Crippen molar-refractivity contribution in [2.24, 2.45) is 0 Å². The summed E-state index contributed by atoms with van der Waals surface area (Å²) in [5.74, 6) is 0. The summed E-state index contributed by atoms with van der Waals surface area (Å²) in [7, 11) is 0. The maximum absolute atomic E-state index is 8.97. The molecular weight excluding hydrogens is 280 g/mol. The van der Waals surface area contributed by atoms with Gasteiger partial charge in [0.05, 0.1) is 11.6 Å². The normalized spacial score (nSPS) is 11.4. The number of fused-ring (bicyclic) bond motifs is 3. The van der Waals surface area contributed by atoms with Gasteiger partial charge >= 0.3 is 0 Å². The van der Waals surface area contributed by atoms with E-state index in [2.05, 4.69) is 53.9 Å². The molecule has 0 heterocycles. The molecule has 3 aromatic carbocycles. The summed E-state index contributed by atoms with van der Waals surface area (Å²) in [5.41, 5.74) is 8.43. The van der Waals surface area contributed by atoms with Crippen LogP contribution in [0.4, 0.5) is 5.69 Å². The molecule has 2 nitrogen and oxygen atoms in total. The van der Waals surface area contributed by atoms with Gasteiger partial charge in [-0.25, -0.2) is 0 Å². The Bertz CT molecular complexity index is 919.